The van der Waals surface area contributed by atoms with Crippen LogP contribution in [0.4, 0.5) is 5.69 Å². The summed E-state index contributed by atoms with van der Waals surface area (Å²) in [5.74, 6) is 0.0830. The third-order valence-electron chi connectivity index (χ3n) is 2.14. The minimum atomic E-state index is 0.0830. The van der Waals surface area contributed by atoms with Crippen molar-refractivity contribution >= 4 is 23.5 Å². The Balaban J connectivity index is 2.23. The number of aryl methyl sites for hydroxylation is 1. The van der Waals surface area contributed by atoms with Gasteiger partial charge in [-0.3, -0.25) is 4.99 Å². The molecule has 0 bridgehead atoms. The fourth-order valence-corrected chi connectivity index (χ4v) is 1.52. The largest absolute Gasteiger partial charge is 0.506 e. The highest BCUT2D eigenvalue weighted by atomic mass is 35.5. The number of aromatic nitrogens is 1. The van der Waals surface area contributed by atoms with Gasteiger partial charge in [0.1, 0.15) is 11.4 Å². The summed E-state index contributed by atoms with van der Waals surface area (Å²) in [5.41, 5.74) is 1.49. The van der Waals surface area contributed by atoms with Crippen molar-refractivity contribution in [3.8, 4) is 5.75 Å². The molecule has 1 aromatic heterocycles. The number of aliphatic imine (C=N–C) groups is 1. The Morgan fingerprint density at radius 3 is 2.81 bits per heavy atom. The molecule has 2 aromatic rings. The van der Waals surface area contributed by atoms with Crippen molar-refractivity contribution in [2.75, 3.05) is 0 Å². The van der Waals surface area contributed by atoms with Crippen LogP contribution >= 0.6 is 11.6 Å². The first-order valence-electron chi connectivity index (χ1n) is 4.80. The summed E-state index contributed by atoms with van der Waals surface area (Å²) < 4.78 is 1.93. The second-order valence-corrected chi connectivity index (χ2v) is 3.94. The number of aromatic hydroxyl groups is 1. The van der Waals surface area contributed by atoms with E-state index in [2.05, 4.69) is 4.99 Å². The van der Waals surface area contributed by atoms with Gasteiger partial charge in [0.05, 0.1) is 0 Å². The van der Waals surface area contributed by atoms with Crippen LogP contribution in [0.25, 0.3) is 0 Å². The van der Waals surface area contributed by atoms with E-state index in [1.807, 2.05) is 30.1 Å². The Morgan fingerprint density at radius 2 is 2.19 bits per heavy atom. The third kappa shape index (κ3) is 2.44. The van der Waals surface area contributed by atoms with E-state index in [4.69, 9.17) is 11.6 Å². The molecule has 0 atom stereocenters. The van der Waals surface area contributed by atoms with E-state index in [0.29, 0.717) is 10.7 Å². The molecule has 0 saturated carbocycles. The van der Waals surface area contributed by atoms with Gasteiger partial charge in [-0.05, 0) is 18.2 Å². The van der Waals surface area contributed by atoms with Gasteiger partial charge in [-0.1, -0.05) is 11.6 Å². The van der Waals surface area contributed by atoms with Gasteiger partial charge in [0.15, 0.2) is 0 Å². The number of nitrogens with zero attached hydrogens (tertiary/aromatic N) is 2. The predicted octanol–water partition coefficient (Wildman–Crippen LogP) is 3.13. The first-order chi connectivity index (χ1) is 7.65. The summed E-state index contributed by atoms with van der Waals surface area (Å²) in [6.45, 7) is 0. The Kier molecular flexibility index (Phi) is 2.97. The van der Waals surface area contributed by atoms with Crippen LogP contribution in [0.2, 0.25) is 5.02 Å². The molecule has 0 saturated heterocycles. The maximum atomic E-state index is 9.57. The van der Waals surface area contributed by atoms with Crippen molar-refractivity contribution in [3.05, 3.63) is 47.2 Å². The van der Waals surface area contributed by atoms with Crippen LogP contribution in [0.15, 0.2) is 41.7 Å². The van der Waals surface area contributed by atoms with E-state index < -0.39 is 0 Å². The molecule has 16 heavy (non-hydrogen) atoms. The molecule has 82 valence electrons. The molecule has 1 aromatic carbocycles. The number of phenolic OH excluding ortho intramolecular Hbond substituents is 1. The lowest BCUT2D eigenvalue weighted by atomic mass is 10.3. The summed E-state index contributed by atoms with van der Waals surface area (Å²) in [4.78, 5) is 4.18. The Bertz CT molecular complexity index is 532. The van der Waals surface area contributed by atoms with E-state index in [1.54, 1.807) is 18.3 Å². The molecular formula is C12H11ClN2O. The smallest absolute Gasteiger partial charge is 0.142 e. The maximum absolute atomic E-state index is 9.57. The van der Waals surface area contributed by atoms with Crippen molar-refractivity contribution in [1.82, 2.24) is 4.57 Å². The number of halogens is 1. The quantitative estimate of drug-likeness (QED) is 0.797. The molecule has 2 rings (SSSR count). The standard InChI is InChI=1S/C12H11ClN2O/c1-15-5-4-9(8-15)7-14-11-3-2-10(13)6-12(11)16/h2-8,16H,1H3. The van der Waals surface area contributed by atoms with Gasteiger partial charge in [-0.2, -0.15) is 0 Å². The molecule has 0 amide bonds. The average molecular weight is 235 g/mol. The highest BCUT2D eigenvalue weighted by Gasteiger charge is 1.99. The van der Waals surface area contributed by atoms with Crippen molar-refractivity contribution in [3.63, 3.8) is 0 Å². The molecule has 3 nitrogen and oxygen atoms in total. The Labute approximate surface area is 98.6 Å². The molecule has 0 aliphatic carbocycles. The third-order valence-corrected chi connectivity index (χ3v) is 2.38. The molecule has 1 N–H and O–H groups in total. The number of benzene rings is 1. The molecular weight excluding hydrogens is 224 g/mol. The molecule has 0 aliphatic rings. The van der Waals surface area contributed by atoms with Gasteiger partial charge < -0.3 is 9.67 Å². The minimum Gasteiger partial charge on any atom is -0.506 e. The first kappa shape index (κ1) is 10.8. The van der Waals surface area contributed by atoms with Crippen LogP contribution in [0.5, 0.6) is 5.75 Å². The summed E-state index contributed by atoms with van der Waals surface area (Å²) in [6.07, 6.45) is 5.57. The van der Waals surface area contributed by atoms with Crippen molar-refractivity contribution in [2.24, 2.45) is 12.0 Å². The second kappa shape index (κ2) is 4.41. The molecule has 0 aliphatic heterocycles. The molecule has 0 spiro atoms. The maximum Gasteiger partial charge on any atom is 0.142 e. The lowest BCUT2D eigenvalue weighted by molar-refractivity contribution is 0.477. The first-order valence-corrected chi connectivity index (χ1v) is 5.17. The van der Waals surface area contributed by atoms with Crippen molar-refractivity contribution in [2.45, 2.75) is 0 Å². The van der Waals surface area contributed by atoms with Gasteiger partial charge in [0.2, 0.25) is 0 Å². The zero-order valence-corrected chi connectivity index (χ0v) is 9.52. The van der Waals surface area contributed by atoms with E-state index in [9.17, 15) is 5.11 Å². The molecule has 0 radical (unpaired) electrons. The summed E-state index contributed by atoms with van der Waals surface area (Å²) >= 11 is 5.72. The van der Waals surface area contributed by atoms with E-state index in [0.717, 1.165) is 5.56 Å². The fraction of sp³-hybridized carbons (Fsp3) is 0.0833. The second-order valence-electron chi connectivity index (χ2n) is 3.50. The molecule has 0 unspecified atom stereocenters. The highest BCUT2D eigenvalue weighted by molar-refractivity contribution is 6.30. The number of phenols is 1. The van der Waals surface area contributed by atoms with Gasteiger partial charge in [-0.15, -0.1) is 0 Å². The lowest BCUT2D eigenvalue weighted by Gasteiger charge is -1.98. The topological polar surface area (TPSA) is 37.5 Å². The zero-order chi connectivity index (χ0) is 11.5. The van der Waals surface area contributed by atoms with Gasteiger partial charge in [0, 0.05) is 42.3 Å². The Morgan fingerprint density at radius 1 is 1.38 bits per heavy atom. The van der Waals surface area contributed by atoms with Crippen LogP contribution in [0.3, 0.4) is 0 Å². The van der Waals surface area contributed by atoms with E-state index >= 15 is 0 Å². The monoisotopic (exact) mass is 234 g/mol. The summed E-state index contributed by atoms with van der Waals surface area (Å²) in [7, 11) is 1.94. The van der Waals surface area contributed by atoms with E-state index in [-0.39, 0.29) is 5.75 Å². The van der Waals surface area contributed by atoms with Crippen LogP contribution in [-0.4, -0.2) is 15.9 Å². The fourth-order valence-electron chi connectivity index (χ4n) is 1.35. The van der Waals surface area contributed by atoms with Crippen molar-refractivity contribution < 1.29 is 5.11 Å². The normalized spacial score (nSPS) is 11.1. The van der Waals surface area contributed by atoms with Crippen LogP contribution in [0, 0.1) is 0 Å². The molecule has 4 heteroatoms. The minimum absolute atomic E-state index is 0.0830. The summed E-state index contributed by atoms with van der Waals surface area (Å²) in [5, 5.41) is 10.1. The number of rotatable bonds is 2. The SMILES string of the molecule is Cn1ccc(C=Nc2ccc(Cl)cc2O)c1. The number of hydrogen-bond acceptors (Lipinski definition) is 2. The van der Waals surface area contributed by atoms with Crippen LogP contribution in [-0.2, 0) is 7.05 Å². The molecule has 1 heterocycles. The predicted molar refractivity (Wildman–Crippen MR) is 65.8 cm³/mol. The molecule has 0 fully saturated rings. The van der Waals surface area contributed by atoms with Gasteiger partial charge in [0.25, 0.3) is 0 Å². The van der Waals surface area contributed by atoms with Gasteiger partial charge in [-0.25, -0.2) is 0 Å². The Hall–Kier alpha value is -1.74. The van der Waals surface area contributed by atoms with E-state index in [1.165, 1.54) is 6.07 Å². The lowest BCUT2D eigenvalue weighted by Crippen LogP contribution is -1.80. The van der Waals surface area contributed by atoms with Gasteiger partial charge >= 0.3 is 0 Å². The average Bonchev–Trinajstić information content (AvgIpc) is 2.63. The zero-order valence-electron chi connectivity index (χ0n) is 8.76. The van der Waals surface area contributed by atoms with Crippen molar-refractivity contribution in [1.29, 1.82) is 0 Å². The van der Waals surface area contributed by atoms with Crippen LogP contribution < -0.4 is 0 Å². The summed E-state index contributed by atoms with van der Waals surface area (Å²) in [6, 6.07) is 6.78. The highest BCUT2D eigenvalue weighted by Crippen LogP contribution is 2.28. The number of hydrogen-bond donors (Lipinski definition) is 1. The van der Waals surface area contributed by atoms with Crippen LogP contribution in [0.1, 0.15) is 5.56 Å².